The van der Waals surface area contributed by atoms with Crippen LogP contribution in [0.5, 0.6) is 0 Å². The molecule has 1 fully saturated rings. The molecule has 0 aliphatic carbocycles. The van der Waals surface area contributed by atoms with Crippen molar-refractivity contribution < 1.29 is 9.53 Å². The number of thioether (sulfide) groups is 1. The Balaban J connectivity index is 1.60. The summed E-state index contributed by atoms with van der Waals surface area (Å²) in [7, 11) is 0. The summed E-state index contributed by atoms with van der Waals surface area (Å²) in [5.74, 6) is 1.13. The standard InChI is InChI=1S/C17H23N5O2S/c1-2-9-22-16(13-5-7-18-8-6-13)20-21-17(22)25-12-15(23)19-11-14-4-3-10-24-14/h5-8,14H,2-4,9-12H2,1H3,(H,19,23)/t14-/m1/s1. The minimum Gasteiger partial charge on any atom is -0.376 e. The molecule has 1 aliphatic rings. The van der Waals surface area contributed by atoms with E-state index in [9.17, 15) is 4.79 Å². The minimum atomic E-state index is -0.00277. The third kappa shape index (κ3) is 4.79. The van der Waals surface area contributed by atoms with Crippen molar-refractivity contribution in [2.24, 2.45) is 0 Å². The van der Waals surface area contributed by atoms with Gasteiger partial charge in [0.25, 0.3) is 0 Å². The van der Waals surface area contributed by atoms with Gasteiger partial charge in [-0.2, -0.15) is 0 Å². The smallest absolute Gasteiger partial charge is 0.230 e. The number of hydrogen-bond donors (Lipinski definition) is 1. The van der Waals surface area contributed by atoms with Gasteiger partial charge in [0, 0.05) is 37.7 Å². The fourth-order valence-electron chi connectivity index (χ4n) is 2.75. The molecule has 0 aromatic carbocycles. The maximum absolute atomic E-state index is 12.1. The van der Waals surface area contributed by atoms with Crippen molar-refractivity contribution in [2.45, 2.75) is 44.0 Å². The number of rotatable bonds is 8. The molecule has 3 heterocycles. The minimum absolute atomic E-state index is 0.00277. The Morgan fingerprint density at radius 2 is 2.24 bits per heavy atom. The van der Waals surface area contributed by atoms with Crippen molar-refractivity contribution in [1.29, 1.82) is 0 Å². The third-order valence-electron chi connectivity index (χ3n) is 3.99. The Labute approximate surface area is 151 Å². The molecule has 0 radical (unpaired) electrons. The highest BCUT2D eigenvalue weighted by atomic mass is 32.2. The SMILES string of the molecule is CCCn1c(SCC(=O)NC[C@H]2CCCO2)nnc1-c1ccncc1. The van der Waals surface area contributed by atoms with Crippen LogP contribution in [-0.2, 0) is 16.1 Å². The van der Waals surface area contributed by atoms with Crippen LogP contribution in [0.2, 0.25) is 0 Å². The van der Waals surface area contributed by atoms with Crippen LogP contribution in [0.15, 0.2) is 29.7 Å². The zero-order valence-corrected chi connectivity index (χ0v) is 15.2. The second kappa shape index (κ2) is 8.96. The highest BCUT2D eigenvalue weighted by Gasteiger charge is 2.18. The Kier molecular flexibility index (Phi) is 6.41. The molecule has 8 heteroatoms. The Morgan fingerprint density at radius 1 is 1.40 bits per heavy atom. The first-order valence-corrected chi connectivity index (χ1v) is 9.61. The van der Waals surface area contributed by atoms with E-state index in [1.807, 2.05) is 12.1 Å². The molecule has 2 aromatic rings. The second-order valence-corrected chi connectivity index (χ2v) is 6.86. The van der Waals surface area contributed by atoms with Gasteiger partial charge in [-0.25, -0.2) is 0 Å². The van der Waals surface area contributed by atoms with E-state index >= 15 is 0 Å². The molecule has 134 valence electrons. The largest absolute Gasteiger partial charge is 0.376 e. The lowest BCUT2D eigenvalue weighted by Gasteiger charge is -2.11. The van der Waals surface area contributed by atoms with Gasteiger partial charge in [0.05, 0.1) is 11.9 Å². The summed E-state index contributed by atoms with van der Waals surface area (Å²) in [6.07, 6.45) is 6.71. The van der Waals surface area contributed by atoms with Crippen molar-refractivity contribution >= 4 is 17.7 Å². The van der Waals surface area contributed by atoms with Crippen LogP contribution in [0.4, 0.5) is 0 Å². The summed E-state index contributed by atoms with van der Waals surface area (Å²) in [6, 6.07) is 3.83. The highest BCUT2D eigenvalue weighted by Crippen LogP contribution is 2.23. The van der Waals surface area contributed by atoms with Gasteiger partial charge in [0.2, 0.25) is 5.91 Å². The highest BCUT2D eigenvalue weighted by molar-refractivity contribution is 7.99. The van der Waals surface area contributed by atoms with Gasteiger partial charge in [0.1, 0.15) is 0 Å². The van der Waals surface area contributed by atoms with Crippen LogP contribution in [0, 0.1) is 0 Å². The first-order valence-electron chi connectivity index (χ1n) is 8.62. The van der Waals surface area contributed by atoms with Crippen molar-refractivity contribution in [3.8, 4) is 11.4 Å². The predicted octanol–water partition coefficient (Wildman–Crippen LogP) is 2.14. The van der Waals surface area contributed by atoms with Crippen molar-refractivity contribution in [1.82, 2.24) is 25.1 Å². The number of carbonyl (C=O) groups is 1. The van der Waals surface area contributed by atoms with Crippen molar-refractivity contribution in [3.63, 3.8) is 0 Å². The Morgan fingerprint density at radius 3 is 2.96 bits per heavy atom. The summed E-state index contributed by atoms with van der Waals surface area (Å²) in [5.41, 5.74) is 0.977. The Bertz CT molecular complexity index is 686. The number of aromatic nitrogens is 4. The number of hydrogen-bond acceptors (Lipinski definition) is 6. The first kappa shape index (κ1) is 17.9. The molecular weight excluding hydrogens is 338 g/mol. The van der Waals surface area contributed by atoms with E-state index < -0.39 is 0 Å². The zero-order valence-electron chi connectivity index (χ0n) is 14.4. The molecule has 1 atom stereocenters. The quantitative estimate of drug-likeness (QED) is 0.726. The summed E-state index contributed by atoms with van der Waals surface area (Å²) >= 11 is 1.41. The maximum Gasteiger partial charge on any atom is 0.230 e. The van der Waals surface area contributed by atoms with Crippen LogP contribution in [0.1, 0.15) is 26.2 Å². The topological polar surface area (TPSA) is 81.9 Å². The molecule has 0 saturated carbocycles. The van der Waals surface area contributed by atoms with Crippen molar-refractivity contribution in [3.05, 3.63) is 24.5 Å². The first-order chi connectivity index (χ1) is 12.3. The number of amides is 1. The number of nitrogens with zero attached hydrogens (tertiary/aromatic N) is 4. The van der Waals surface area contributed by atoms with E-state index in [1.165, 1.54) is 11.8 Å². The molecule has 0 unspecified atom stereocenters. The molecule has 1 saturated heterocycles. The van der Waals surface area contributed by atoms with E-state index in [0.717, 1.165) is 49.0 Å². The van der Waals surface area contributed by atoms with Gasteiger partial charge in [-0.05, 0) is 31.4 Å². The van der Waals surface area contributed by atoms with Crippen LogP contribution < -0.4 is 5.32 Å². The lowest BCUT2D eigenvalue weighted by Crippen LogP contribution is -2.32. The summed E-state index contributed by atoms with van der Waals surface area (Å²) in [4.78, 5) is 16.1. The molecule has 1 amide bonds. The lowest BCUT2D eigenvalue weighted by atomic mass is 10.2. The van der Waals surface area contributed by atoms with Crippen LogP contribution in [0.3, 0.4) is 0 Å². The molecule has 1 aliphatic heterocycles. The van der Waals surface area contributed by atoms with E-state index in [1.54, 1.807) is 12.4 Å². The van der Waals surface area contributed by atoms with Crippen LogP contribution in [-0.4, -0.2) is 50.7 Å². The molecule has 2 aromatic heterocycles. The van der Waals surface area contributed by atoms with Gasteiger partial charge in [-0.3, -0.25) is 9.78 Å². The van der Waals surface area contributed by atoms with E-state index in [0.29, 0.717) is 12.3 Å². The average Bonchev–Trinajstić information content (AvgIpc) is 3.29. The molecule has 1 N–H and O–H groups in total. The Hall–Kier alpha value is -1.93. The van der Waals surface area contributed by atoms with Gasteiger partial charge < -0.3 is 14.6 Å². The molecule has 3 rings (SSSR count). The zero-order chi connectivity index (χ0) is 17.5. The second-order valence-electron chi connectivity index (χ2n) is 5.92. The predicted molar refractivity (Wildman–Crippen MR) is 96.3 cm³/mol. The average molecular weight is 361 g/mol. The fraction of sp³-hybridized carbons (Fsp3) is 0.529. The van der Waals surface area contributed by atoms with Gasteiger partial charge in [-0.15, -0.1) is 10.2 Å². The van der Waals surface area contributed by atoms with Crippen LogP contribution in [0.25, 0.3) is 11.4 Å². The fourth-order valence-corrected chi connectivity index (χ4v) is 3.54. The summed E-state index contributed by atoms with van der Waals surface area (Å²) in [6.45, 7) is 4.31. The number of ether oxygens (including phenoxy) is 1. The summed E-state index contributed by atoms with van der Waals surface area (Å²) in [5, 5.41) is 12.3. The lowest BCUT2D eigenvalue weighted by molar-refractivity contribution is -0.119. The number of pyridine rings is 1. The van der Waals surface area contributed by atoms with Gasteiger partial charge in [0.15, 0.2) is 11.0 Å². The number of carbonyl (C=O) groups excluding carboxylic acids is 1. The third-order valence-corrected chi connectivity index (χ3v) is 4.95. The number of nitrogens with one attached hydrogen (secondary N) is 1. The normalized spacial score (nSPS) is 16.9. The van der Waals surface area contributed by atoms with E-state index in [-0.39, 0.29) is 12.0 Å². The van der Waals surface area contributed by atoms with Gasteiger partial charge >= 0.3 is 0 Å². The molecule has 25 heavy (non-hydrogen) atoms. The molecular formula is C17H23N5O2S. The monoisotopic (exact) mass is 361 g/mol. The maximum atomic E-state index is 12.1. The van der Waals surface area contributed by atoms with Crippen molar-refractivity contribution in [2.75, 3.05) is 18.9 Å². The van der Waals surface area contributed by atoms with Crippen LogP contribution >= 0.6 is 11.8 Å². The van der Waals surface area contributed by atoms with E-state index in [4.69, 9.17) is 4.74 Å². The van der Waals surface area contributed by atoms with Gasteiger partial charge in [-0.1, -0.05) is 18.7 Å². The van der Waals surface area contributed by atoms with E-state index in [2.05, 4.69) is 32.0 Å². The molecule has 0 bridgehead atoms. The molecule has 0 spiro atoms. The summed E-state index contributed by atoms with van der Waals surface area (Å²) < 4.78 is 7.58. The molecule has 7 nitrogen and oxygen atoms in total.